The van der Waals surface area contributed by atoms with Crippen molar-refractivity contribution in [2.45, 2.75) is 26.1 Å². The van der Waals surface area contributed by atoms with Crippen LogP contribution in [0.3, 0.4) is 0 Å². The summed E-state index contributed by atoms with van der Waals surface area (Å²) in [7, 11) is 0. The summed E-state index contributed by atoms with van der Waals surface area (Å²) in [5.74, 6) is -0.217. The highest BCUT2D eigenvalue weighted by molar-refractivity contribution is 5.19. The molecule has 0 aliphatic rings. The third kappa shape index (κ3) is 4.96. The summed E-state index contributed by atoms with van der Waals surface area (Å²) in [5.41, 5.74) is 1.70. The van der Waals surface area contributed by atoms with Crippen LogP contribution < -0.4 is 5.32 Å². The van der Waals surface area contributed by atoms with Crippen LogP contribution in [0.2, 0.25) is 0 Å². The molecule has 2 rings (SSSR count). The van der Waals surface area contributed by atoms with Crippen molar-refractivity contribution in [2.24, 2.45) is 0 Å². The molecule has 0 fully saturated rings. The molecule has 0 saturated carbocycles. The van der Waals surface area contributed by atoms with E-state index >= 15 is 0 Å². The Kier molecular flexibility index (Phi) is 6.38. The molecule has 1 unspecified atom stereocenters. The second kappa shape index (κ2) is 8.55. The Balaban J connectivity index is 2.00. The van der Waals surface area contributed by atoms with Crippen LogP contribution in [-0.4, -0.2) is 13.1 Å². The fraction of sp³-hybridized carbons (Fsp3) is 0.333. The van der Waals surface area contributed by atoms with Gasteiger partial charge in [0.15, 0.2) is 0 Å². The second-order valence-electron chi connectivity index (χ2n) is 5.01. The van der Waals surface area contributed by atoms with Crippen LogP contribution in [0, 0.1) is 5.82 Å². The van der Waals surface area contributed by atoms with Crippen molar-refractivity contribution >= 4 is 0 Å². The monoisotopic (exact) mass is 287 g/mol. The minimum Gasteiger partial charge on any atom is -0.367 e. The van der Waals surface area contributed by atoms with Crippen LogP contribution in [0.4, 0.5) is 4.39 Å². The van der Waals surface area contributed by atoms with Crippen molar-refractivity contribution in [3.05, 3.63) is 71.5 Å². The van der Waals surface area contributed by atoms with Crippen molar-refractivity contribution < 1.29 is 9.13 Å². The SMILES string of the molecule is CCCNCC(OCc1ccccc1F)c1ccccc1. The quantitative estimate of drug-likeness (QED) is 0.739. The van der Waals surface area contributed by atoms with Crippen molar-refractivity contribution in [1.29, 1.82) is 0 Å². The first-order valence-electron chi connectivity index (χ1n) is 7.42. The Hall–Kier alpha value is -1.71. The number of hydrogen-bond donors (Lipinski definition) is 1. The van der Waals surface area contributed by atoms with E-state index in [4.69, 9.17) is 4.74 Å². The van der Waals surface area contributed by atoms with Crippen LogP contribution in [0.25, 0.3) is 0 Å². The molecule has 2 aromatic carbocycles. The Morgan fingerprint density at radius 2 is 1.76 bits per heavy atom. The van der Waals surface area contributed by atoms with Gasteiger partial charge in [0.2, 0.25) is 0 Å². The van der Waals surface area contributed by atoms with E-state index in [1.807, 2.05) is 36.4 Å². The highest BCUT2D eigenvalue weighted by Gasteiger charge is 2.12. The van der Waals surface area contributed by atoms with Crippen LogP contribution in [-0.2, 0) is 11.3 Å². The minimum absolute atomic E-state index is 0.0719. The molecular weight excluding hydrogens is 265 g/mol. The van der Waals surface area contributed by atoms with E-state index in [1.165, 1.54) is 6.07 Å². The third-order valence-electron chi connectivity index (χ3n) is 3.33. The number of ether oxygens (including phenoxy) is 1. The number of benzene rings is 2. The van der Waals surface area contributed by atoms with Gasteiger partial charge in [-0.05, 0) is 24.6 Å². The Morgan fingerprint density at radius 3 is 2.48 bits per heavy atom. The average molecular weight is 287 g/mol. The molecule has 0 aliphatic heterocycles. The number of rotatable bonds is 8. The van der Waals surface area contributed by atoms with Gasteiger partial charge in [0, 0.05) is 12.1 Å². The van der Waals surface area contributed by atoms with Crippen LogP contribution in [0.1, 0.15) is 30.6 Å². The van der Waals surface area contributed by atoms with E-state index in [2.05, 4.69) is 12.2 Å². The highest BCUT2D eigenvalue weighted by Crippen LogP contribution is 2.19. The maximum atomic E-state index is 13.7. The molecular formula is C18H22FNO. The van der Waals surface area contributed by atoms with Gasteiger partial charge in [0.1, 0.15) is 5.82 Å². The largest absolute Gasteiger partial charge is 0.367 e. The molecule has 0 radical (unpaired) electrons. The van der Waals surface area contributed by atoms with Crippen molar-refractivity contribution in [2.75, 3.05) is 13.1 Å². The molecule has 0 heterocycles. The van der Waals surface area contributed by atoms with E-state index in [0.29, 0.717) is 5.56 Å². The lowest BCUT2D eigenvalue weighted by Crippen LogP contribution is -2.24. The molecule has 0 spiro atoms. The van der Waals surface area contributed by atoms with Crippen molar-refractivity contribution in [1.82, 2.24) is 5.32 Å². The molecule has 0 aliphatic carbocycles. The molecule has 1 N–H and O–H groups in total. The van der Waals surface area contributed by atoms with E-state index in [9.17, 15) is 4.39 Å². The van der Waals surface area contributed by atoms with E-state index in [1.54, 1.807) is 12.1 Å². The van der Waals surface area contributed by atoms with Crippen molar-refractivity contribution in [3.8, 4) is 0 Å². The van der Waals surface area contributed by atoms with Gasteiger partial charge in [-0.2, -0.15) is 0 Å². The minimum atomic E-state index is -0.217. The van der Waals surface area contributed by atoms with Gasteiger partial charge in [0.25, 0.3) is 0 Å². The van der Waals surface area contributed by atoms with Crippen LogP contribution in [0.15, 0.2) is 54.6 Å². The molecule has 0 saturated heterocycles. The molecule has 2 nitrogen and oxygen atoms in total. The molecule has 0 amide bonds. The molecule has 3 heteroatoms. The Morgan fingerprint density at radius 1 is 1.05 bits per heavy atom. The van der Waals surface area contributed by atoms with Crippen molar-refractivity contribution in [3.63, 3.8) is 0 Å². The zero-order chi connectivity index (χ0) is 14.9. The van der Waals surface area contributed by atoms with Crippen LogP contribution >= 0.6 is 0 Å². The predicted octanol–water partition coefficient (Wildman–Crippen LogP) is 4.08. The highest BCUT2D eigenvalue weighted by atomic mass is 19.1. The summed E-state index contributed by atoms with van der Waals surface area (Å²) in [5, 5.41) is 3.37. The van der Waals surface area contributed by atoms with Gasteiger partial charge in [-0.1, -0.05) is 55.5 Å². The lowest BCUT2D eigenvalue weighted by atomic mass is 10.1. The van der Waals surface area contributed by atoms with E-state index in [-0.39, 0.29) is 18.5 Å². The Bertz CT molecular complexity index is 530. The molecule has 0 aromatic heterocycles. The topological polar surface area (TPSA) is 21.3 Å². The maximum absolute atomic E-state index is 13.7. The van der Waals surface area contributed by atoms with Gasteiger partial charge in [-0.25, -0.2) is 4.39 Å². The number of halogens is 1. The summed E-state index contributed by atoms with van der Waals surface area (Å²) < 4.78 is 19.6. The first-order chi connectivity index (χ1) is 10.3. The normalized spacial score (nSPS) is 12.3. The van der Waals surface area contributed by atoms with Gasteiger partial charge in [0.05, 0.1) is 12.7 Å². The molecule has 2 aromatic rings. The number of hydrogen-bond acceptors (Lipinski definition) is 2. The standard InChI is InChI=1S/C18H22FNO/c1-2-12-20-13-18(15-8-4-3-5-9-15)21-14-16-10-6-7-11-17(16)19/h3-11,18,20H,2,12-14H2,1H3. The average Bonchev–Trinajstić information content (AvgIpc) is 2.53. The molecule has 21 heavy (non-hydrogen) atoms. The first-order valence-corrected chi connectivity index (χ1v) is 7.42. The second-order valence-corrected chi connectivity index (χ2v) is 5.01. The molecule has 1 atom stereocenters. The van der Waals surface area contributed by atoms with Crippen LogP contribution in [0.5, 0.6) is 0 Å². The summed E-state index contributed by atoms with van der Waals surface area (Å²) >= 11 is 0. The lowest BCUT2D eigenvalue weighted by molar-refractivity contribution is 0.0384. The summed E-state index contributed by atoms with van der Waals surface area (Å²) in [6.07, 6.45) is 1.01. The molecule has 0 bridgehead atoms. The Labute approximate surface area is 126 Å². The summed E-state index contributed by atoms with van der Waals surface area (Å²) in [4.78, 5) is 0. The zero-order valence-corrected chi connectivity index (χ0v) is 12.4. The fourth-order valence-electron chi connectivity index (χ4n) is 2.16. The summed E-state index contributed by atoms with van der Waals surface area (Å²) in [6, 6.07) is 16.8. The smallest absolute Gasteiger partial charge is 0.128 e. The van der Waals surface area contributed by atoms with Gasteiger partial charge >= 0.3 is 0 Å². The number of nitrogens with one attached hydrogen (secondary N) is 1. The van der Waals surface area contributed by atoms with Gasteiger partial charge in [-0.15, -0.1) is 0 Å². The fourth-order valence-corrected chi connectivity index (χ4v) is 2.16. The van der Waals surface area contributed by atoms with Gasteiger partial charge < -0.3 is 10.1 Å². The van der Waals surface area contributed by atoms with Gasteiger partial charge in [-0.3, -0.25) is 0 Å². The molecule has 112 valence electrons. The van der Waals surface area contributed by atoms with E-state index < -0.39 is 0 Å². The first kappa shape index (κ1) is 15.7. The van der Waals surface area contributed by atoms with E-state index in [0.717, 1.165) is 25.1 Å². The maximum Gasteiger partial charge on any atom is 0.128 e. The predicted molar refractivity (Wildman–Crippen MR) is 83.5 cm³/mol. The zero-order valence-electron chi connectivity index (χ0n) is 12.4. The lowest BCUT2D eigenvalue weighted by Gasteiger charge is -2.19. The third-order valence-corrected chi connectivity index (χ3v) is 3.33. The summed E-state index contributed by atoms with van der Waals surface area (Å²) in [6.45, 7) is 4.09.